The average Bonchev–Trinajstić information content (AvgIpc) is 2.41. The van der Waals surface area contributed by atoms with Gasteiger partial charge in [-0.2, -0.15) is 0 Å². The number of carbonyl (C=O) groups excluding carboxylic acids is 1. The van der Waals surface area contributed by atoms with Crippen molar-refractivity contribution in [3.63, 3.8) is 0 Å². The summed E-state index contributed by atoms with van der Waals surface area (Å²) in [6.07, 6.45) is 1.51. The lowest BCUT2D eigenvalue weighted by molar-refractivity contribution is 0.102. The second-order valence-corrected chi connectivity index (χ2v) is 4.10. The van der Waals surface area contributed by atoms with Gasteiger partial charge in [0.05, 0.1) is 7.11 Å². The molecule has 1 heterocycles. The van der Waals surface area contributed by atoms with E-state index < -0.39 is 0 Å². The quantitative estimate of drug-likeness (QED) is 0.884. The van der Waals surface area contributed by atoms with E-state index in [1.807, 2.05) is 13.0 Å². The molecule has 0 unspecified atom stereocenters. The summed E-state index contributed by atoms with van der Waals surface area (Å²) in [6, 6.07) is 8.61. The van der Waals surface area contributed by atoms with Crippen molar-refractivity contribution >= 4 is 17.4 Å². The molecule has 0 radical (unpaired) electrons. The summed E-state index contributed by atoms with van der Waals surface area (Å²) in [7, 11) is 1.60. The Balaban J connectivity index is 2.19. The number of nitrogens with one attached hydrogen (secondary N) is 1. The van der Waals surface area contributed by atoms with Crippen LogP contribution >= 0.6 is 0 Å². The molecule has 0 aliphatic carbocycles. The Morgan fingerprint density at radius 2 is 2.11 bits per heavy atom. The maximum Gasteiger partial charge on any atom is 0.255 e. The summed E-state index contributed by atoms with van der Waals surface area (Å²) in [6.45, 7) is 1.90. The average molecular weight is 257 g/mol. The largest absolute Gasteiger partial charge is 0.497 e. The van der Waals surface area contributed by atoms with Crippen molar-refractivity contribution in [1.29, 1.82) is 0 Å². The van der Waals surface area contributed by atoms with E-state index in [4.69, 9.17) is 10.5 Å². The molecule has 0 fully saturated rings. The molecule has 0 saturated carbocycles. The highest BCUT2D eigenvalue weighted by atomic mass is 16.5. The normalized spacial score (nSPS) is 10.0. The van der Waals surface area contributed by atoms with E-state index in [2.05, 4.69) is 10.3 Å². The van der Waals surface area contributed by atoms with Crippen LogP contribution in [0.4, 0.5) is 11.5 Å². The van der Waals surface area contributed by atoms with Crippen molar-refractivity contribution in [3.05, 3.63) is 47.7 Å². The molecule has 1 aromatic heterocycles. The topological polar surface area (TPSA) is 77.2 Å². The standard InChI is InChI=1S/C14H15N3O2/c1-9-7-11(19-2)3-4-12(9)17-14(18)10-5-6-16-13(15)8-10/h3-8H,1-2H3,(H2,15,16)(H,17,18). The predicted octanol–water partition coefficient (Wildman–Crippen LogP) is 2.23. The molecular weight excluding hydrogens is 242 g/mol. The Hall–Kier alpha value is -2.56. The van der Waals surface area contributed by atoms with Gasteiger partial charge in [-0.15, -0.1) is 0 Å². The number of benzene rings is 1. The lowest BCUT2D eigenvalue weighted by atomic mass is 10.1. The monoisotopic (exact) mass is 257 g/mol. The van der Waals surface area contributed by atoms with Gasteiger partial charge >= 0.3 is 0 Å². The van der Waals surface area contributed by atoms with Crippen molar-refractivity contribution in [1.82, 2.24) is 4.98 Å². The Morgan fingerprint density at radius 3 is 2.74 bits per heavy atom. The maximum absolute atomic E-state index is 12.0. The molecule has 3 N–H and O–H groups in total. The molecule has 1 amide bonds. The fourth-order valence-electron chi connectivity index (χ4n) is 1.69. The number of aryl methyl sites for hydroxylation is 1. The van der Waals surface area contributed by atoms with Crippen molar-refractivity contribution in [2.75, 3.05) is 18.2 Å². The smallest absolute Gasteiger partial charge is 0.255 e. The number of hydrogen-bond donors (Lipinski definition) is 2. The van der Waals surface area contributed by atoms with Crippen molar-refractivity contribution in [2.24, 2.45) is 0 Å². The zero-order chi connectivity index (χ0) is 13.8. The molecule has 0 saturated heterocycles. The fourth-order valence-corrected chi connectivity index (χ4v) is 1.69. The first-order valence-electron chi connectivity index (χ1n) is 5.77. The number of aromatic nitrogens is 1. The van der Waals surface area contributed by atoms with E-state index in [1.54, 1.807) is 25.3 Å². The molecule has 98 valence electrons. The van der Waals surface area contributed by atoms with E-state index in [1.165, 1.54) is 12.3 Å². The third-order valence-corrected chi connectivity index (χ3v) is 2.73. The van der Waals surface area contributed by atoms with Crippen LogP contribution in [0.5, 0.6) is 5.75 Å². The van der Waals surface area contributed by atoms with Crippen LogP contribution in [0.15, 0.2) is 36.5 Å². The van der Waals surface area contributed by atoms with Crippen molar-refractivity contribution < 1.29 is 9.53 Å². The number of pyridine rings is 1. The Bertz CT molecular complexity index is 611. The molecule has 2 aromatic rings. The van der Waals surface area contributed by atoms with Gasteiger partial charge in [-0.3, -0.25) is 4.79 Å². The number of amides is 1. The third kappa shape index (κ3) is 3.01. The highest BCUT2D eigenvalue weighted by Crippen LogP contribution is 2.21. The zero-order valence-electron chi connectivity index (χ0n) is 10.8. The van der Waals surface area contributed by atoms with Crippen LogP contribution in [0.2, 0.25) is 0 Å². The lowest BCUT2D eigenvalue weighted by Crippen LogP contribution is -2.13. The summed E-state index contributed by atoms with van der Waals surface area (Å²) >= 11 is 0. The molecule has 0 atom stereocenters. The van der Waals surface area contributed by atoms with Crippen LogP contribution in [0.25, 0.3) is 0 Å². The molecule has 1 aromatic carbocycles. The number of anilines is 2. The Kier molecular flexibility index (Phi) is 3.66. The van der Waals surface area contributed by atoms with Gasteiger partial charge in [-0.1, -0.05) is 0 Å². The van der Waals surface area contributed by atoms with Crippen LogP contribution in [-0.2, 0) is 0 Å². The van der Waals surface area contributed by atoms with Gasteiger partial charge in [0.2, 0.25) is 0 Å². The SMILES string of the molecule is COc1ccc(NC(=O)c2ccnc(N)c2)c(C)c1. The van der Waals surface area contributed by atoms with Gasteiger partial charge in [0, 0.05) is 17.4 Å². The van der Waals surface area contributed by atoms with Crippen LogP contribution in [0.3, 0.4) is 0 Å². The highest BCUT2D eigenvalue weighted by Gasteiger charge is 2.08. The van der Waals surface area contributed by atoms with Gasteiger partial charge in [0.25, 0.3) is 5.91 Å². The van der Waals surface area contributed by atoms with Crippen LogP contribution in [0.1, 0.15) is 15.9 Å². The molecule has 0 aliphatic heterocycles. The molecular formula is C14H15N3O2. The van der Waals surface area contributed by atoms with Crippen LogP contribution in [0, 0.1) is 6.92 Å². The number of nitrogens with two attached hydrogens (primary N) is 1. The minimum Gasteiger partial charge on any atom is -0.497 e. The van der Waals surface area contributed by atoms with Gasteiger partial charge in [-0.25, -0.2) is 4.98 Å². The Labute approximate surface area is 111 Å². The number of methoxy groups -OCH3 is 1. The van der Waals surface area contributed by atoms with Gasteiger partial charge in [0.15, 0.2) is 0 Å². The number of hydrogen-bond acceptors (Lipinski definition) is 4. The van der Waals surface area contributed by atoms with Gasteiger partial charge in [-0.05, 0) is 42.8 Å². The first-order valence-corrected chi connectivity index (χ1v) is 5.77. The van der Waals surface area contributed by atoms with E-state index in [9.17, 15) is 4.79 Å². The molecule has 2 rings (SSSR count). The zero-order valence-corrected chi connectivity index (χ0v) is 10.8. The summed E-state index contributed by atoms with van der Waals surface area (Å²) in [5.41, 5.74) is 7.69. The molecule has 19 heavy (non-hydrogen) atoms. The lowest BCUT2D eigenvalue weighted by Gasteiger charge is -2.10. The summed E-state index contributed by atoms with van der Waals surface area (Å²) in [5.74, 6) is 0.852. The van der Waals surface area contributed by atoms with Crippen LogP contribution in [-0.4, -0.2) is 18.0 Å². The molecule has 0 aliphatic rings. The van der Waals surface area contributed by atoms with Gasteiger partial charge in [0.1, 0.15) is 11.6 Å². The summed E-state index contributed by atoms with van der Waals surface area (Å²) in [5, 5.41) is 2.83. The molecule has 0 bridgehead atoms. The summed E-state index contributed by atoms with van der Waals surface area (Å²) < 4.78 is 5.12. The number of carbonyl (C=O) groups is 1. The summed E-state index contributed by atoms with van der Waals surface area (Å²) in [4.78, 5) is 15.9. The second-order valence-electron chi connectivity index (χ2n) is 4.10. The van der Waals surface area contributed by atoms with E-state index in [-0.39, 0.29) is 5.91 Å². The first kappa shape index (κ1) is 12.9. The molecule has 5 nitrogen and oxygen atoms in total. The van der Waals surface area contributed by atoms with E-state index in [0.29, 0.717) is 11.4 Å². The van der Waals surface area contributed by atoms with Crippen molar-refractivity contribution in [2.45, 2.75) is 6.92 Å². The number of ether oxygens (including phenoxy) is 1. The van der Waals surface area contributed by atoms with E-state index >= 15 is 0 Å². The molecule has 5 heteroatoms. The molecule has 0 spiro atoms. The number of rotatable bonds is 3. The minimum absolute atomic E-state index is 0.220. The van der Waals surface area contributed by atoms with Gasteiger partial charge < -0.3 is 15.8 Å². The highest BCUT2D eigenvalue weighted by molar-refractivity contribution is 6.05. The fraction of sp³-hybridized carbons (Fsp3) is 0.143. The third-order valence-electron chi connectivity index (χ3n) is 2.73. The second kappa shape index (κ2) is 5.39. The predicted molar refractivity (Wildman–Crippen MR) is 74.3 cm³/mol. The Morgan fingerprint density at radius 1 is 1.32 bits per heavy atom. The maximum atomic E-state index is 12.0. The van der Waals surface area contributed by atoms with Crippen LogP contribution < -0.4 is 15.8 Å². The minimum atomic E-state index is -0.220. The first-order chi connectivity index (χ1) is 9.10. The van der Waals surface area contributed by atoms with E-state index in [0.717, 1.165) is 17.0 Å². The number of nitrogens with zero attached hydrogens (tertiary/aromatic N) is 1. The number of nitrogen functional groups attached to an aromatic ring is 1. The van der Waals surface area contributed by atoms with Crippen molar-refractivity contribution in [3.8, 4) is 5.75 Å².